The second-order valence-electron chi connectivity index (χ2n) is 10.7. The number of nitrogens with zero attached hydrogens (tertiary/aromatic N) is 2. The van der Waals surface area contributed by atoms with Crippen molar-refractivity contribution in [3.63, 3.8) is 0 Å². The molecule has 0 radical (unpaired) electrons. The Balaban J connectivity index is 1.15. The maximum absolute atomic E-state index is 12.9. The predicted octanol–water partition coefficient (Wildman–Crippen LogP) is 3.33. The van der Waals surface area contributed by atoms with Gasteiger partial charge in [-0.25, -0.2) is 0 Å². The number of hydrogen-bond acceptors (Lipinski definition) is 5. The van der Waals surface area contributed by atoms with Crippen LogP contribution in [0.4, 0.5) is 5.69 Å². The van der Waals surface area contributed by atoms with Crippen LogP contribution in [0.3, 0.4) is 0 Å². The lowest BCUT2D eigenvalue weighted by Gasteiger charge is -2.49. The van der Waals surface area contributed by atoms with Gasteiger partial charge in [0.1, 0.15) is 11.7 Å². The van der Waals surface area contributed by atoms with Crippen LogP contribution in [0.5, 0.6) is 0 Å². The van der Waals surface area contributed by atoms with Crippen molar-refractivity contribution >= 4 is 11.7 Å². The number of fused-ring (bicyclic) bond motifs is 2. The minimum absolute atomic E-state index is 0.00462. The van der Waals surface area contributed by atoms with Crippen molar-refractivity contribution in [3.05, 3.63) is 30.3 Å². The van der Waals surface area contributed by atoms with Gasteiger partial charge in [0.15, 0.2) is 0 Å². The van der Waals surface area contributed by atoms with Gasteiger partial charge < -0.3 is 14.4 Å². The van der Waals surface area contributed by atoms with Crippen LogP contribution in [0.1, 0.15) is 39.5 Å². The number of carbonyl (C=O) groups excluding carboxylic acids is 1. The third kappa shape index (κ3) is 2.64. The zero-order valence-electron chi connectivity index (χ0n) is 18.3. The normalized spacial score (nSPS) is 45.3. The molecule has 5 fully saturated rings. The summed E-state index contributed by atoms with van der Waals surface area (Å²) in [5.74, 6) is 0.837. The van der Waals surface area contributed by atoms with E-state index in [1.165, 1.54) is 24.9 Å². The number of piperazine rings is 1. The number of esters is 1. The van der Waals surface area contributed by atoms with Crippen molar-refractivity contribution < 1.29 is 14.3 Å². The summed E-state index contributed by atoms with van der Waals surface area (Å²) in [4.78, 5) is 17.9. The van der Waals surface area contributed by atoms with Gasteiger partial charge >= 0.3 is 5.97 Å². The molecule has 2 saturated carbocycles. The molecule has 0 unspecified atom stereocenters. The van der Waals surface area contributed by atoms with E-state index in [0.717, 1.165) is 39.1 Å². The van der Waals surface area contributed by atoms with E-state index >= 15 is 0 Å². The number of para-hydroxylation sites is 1. The summed E-state index contributed by atoms with van der Waals surface area (Å²) in [6.45, 7) is 9.61. The highest BCUT2D eigenvalue weighted by molar-refractivity contribution is 5.76. The molecule has 0 N–H and O–H groups in total. The lowest BCUT2D eigenvalue weighted by molar-refractivity contribution is -0.146. The second kappa shape index (κ2) is 6.70. The fraction of sp³-hybridized carbons (Fsp3) is 0.720. The zero-order chi connectivity index (χ0) is 20.5. The molecule has 1 aromatic rings. The number of carbonyl (C=O) groups is 1. The lowest BCUT2D eigenvalue weighted by Crippen LogP contribution is -2.55. The predicted molar refractivity (Wildman–Crippen MR) is 115 cm³/mol. The smallest absolute Gasteiger partial charge is 0.311 e. The van der Waals surface area contributed by atoms with E-state index in [1.54, 1.807) is 0 Å². The summed E-state index contributed by atoms with van der Waals surface area (Å²) in [6, 6.07) is 10.6. The number of rotatable bonds is 3. The minimum atomic E-state index is -0.0265. The van der Waals surface area contributed by atoms with Crippen LogP contribution >= 0.6 is 0 Å². The highest BCUT2D eigenvalue weighted by Gasteiger charge is 2.78. The quantitative estimate of drug-likeness (QED) is 0.565. The van der Waals surface area contributed by atoms with Crippen molar-refractivity contribution in [1.82, 2.24) is 4.90 Å². The van der Waals surface area contributed by atoms with Crippen LogP contribution < -0.4 is 4.90 Å². The Morgan fingerprint density at radius 3 is 2.67 bits per heavy atom. The SMILES string of the molecule is C[C@@H]1CCC[C@@]2(C)C[C@H]3OC(=O)[C@@H](CN4CCN(c5ccccc5)CC4)[C@@H]3[C@@H]3O[C@]132. The first-order chi connectivity index (χ1) is 14.5. The second-order valence-corrected chi connectivity index (χ2v) is 10.7. The molecule has 162 valence electrons. The first-order valence-electron chi connectivity index (χ1n) is 11.9. The van der Waals surface area contributed by atoms with Crippen LogP contribution in [0, 0.1) is 23.2 Å². The van der Waals surface area contributed by atoms with Crippen LogP contribution in [0.25, 0.3) is 0 Å². The molecule has 0 bridgehead atoms. The first kappa shape index (κ1) is 19.1. The van der Waals surface area contributed by atoms with Gasteiger partial charge in [-0.05, 0) is 37.3 Å². The Kier molecular flexibility index (Phi) is 4.27. The molecule has 1 aromatic carbocycles. The van der Waals surface area contributed by atoms with Crippen molar-refractivity contribution in [1.29, 1.82) is 0 Å². The molecule has 3 saturated heterocycles. The number of benzene rings is 1. The Morgan fingerprint density at radius 2 is 1.90 bits per heavy atom. The van der Waals surface area contributed by atoms with Gasteiger partial charge in [-0.15, -0.1) is 0 Å². The van der Waals surface area contributed by atoms with Gasteiger partial charge in [-0.2, -0.15) is 0 Å². The molecule has 0 amide bonds. The van der Waals surface area contributed by atoms with Gasteiger partial charge in [0.25, 0.3) is 0 Å². The van der Waals surface area contributed by atoms with Gasteiger partial charge in [0.05, 0.1) is 12.0 Å². The van der Waals surface area contributed by atoms with Crippen LogP contribution in [-0.4, -0.2) is 61.4 Å². The van der Waals surface area contributed by atoms with E-state index < -0.39 is 0 Å². The Labute approximate surface area is 179 Å². The number of anilines is 1. The molecule has 1 spiro atoms. The average Bonchev–Trinajstić information content (AvgIpc) is 3.44. The third-order valence-electron chi connectivity index (χ3n) is 9.14. The van der Waals surface area contributed by atoms with Gasteiger partial charge in [-0.3, -0.25) is 9.69 Å². The van der Waals surface area contributed by atoms with Crippen molar-refractivity contribution in [2.24, 2.45) is 23.2 Å². The molecule has 5 heteroatoms. The van der Waals surface area contributed by atoms with E-state index in [2.05, 4.69) is 54.0 Å². The van der Waals surface area contributed by atoms with E-state index in [1.807, 2.05) is 0 Å². The highest BCUT2D eigenvalue weighted by Crippen LogP contribution is 2.70. The van der Waals surface area contributed by atoms with Crippen molar-refractivity contribution in [2.45, 2.75) is 57.3 Å². The largest absolute Gasteiger partial charge is 0.462 e. The van der Waals surface area contributed by atoms with Crippen LogP contribution in [0.15, 0.2) is 30.3 Å². The molecule has 6 rings (SSSR count). The summed E-state index contributed by atoms with van der Waals surface area (Å²) in [6.07, 6.45) is 5.01. The van der Waals surface area contributed by atoms with Gasteiger partial charge in [-0.1, -0.05) is 38.5 Å². The average molecular weight is 411 g/mol. The Morgan fingerprint density at radius 1 is 1.13 bits per heavy atom. The fourth-order valence-electron chi connectivity index (χ4n) is 7.55. The van der Waals surface area contributed by atoms with Crippen LogP contribution in [0.2, 0.25) is 0 Å². The van der Waals surface area contributed by atoms with Crippen LogP contribution in [-0.2, 0) is 14.3 Å². The lowest BCUT2D eigenvalue weighted by atomic mass is 9.53. The molecular formula is C25H34N2O3. The molecule has 0 aromatic heterocycles. The van der Waals surface area contributed by atoms with Gasteiger partial charge in [0.2, 0.25) is 0 Å². The standard InChI is InChI=1S/C25H34N2O3/c1-17-7-6-10-24(2)15-20-21(22-25(17,24)30-22)19(23(28)29-20)16-26-11-13-27(14-12-26)18-8-4-3-5-9-18/h3-5,8-9,17,19-22H,6-7,10-16H2,1-2H3/t17-,19+,20-,21+,22+,24+,25-/m1/s1. The van der Waals surface area contributed by atoms with E-state index in [9.17, 15) is 4.79 Å². The highest BCUT2D eigenvalue weighted by atomic mass is 16.6. The maximum Gasteiger partial charge on any atom is 0.311 e. The van der Waals surface area contributed by atoms with E-state index in [0.29, 0.717) is 5.92 Å². The monoisotopic (exact) mass is 410 g/mol. The third-order valence-corrected chi connectivity index (χ3v) is 9.14. The van der Waals surface area contributed by atoms with E-state index in [-0.39, 0.29) is 41.0 Å². The molecule has 5 nitrogen and oxygen atoms in total. The Bertz CT molecular complexity index is 823. The topological polar surface area (TPSA) is 45.3 Å². The summed E-state index contributed by atoms with van der Waals surface area (Å²) < 4.78 is 12.6. The Hall–Kier alpha value is -1.59. The number of epoxide rings is 1. The van der Waals surface area contributed by atoms with Crippen molar-refractivity contribution in [2.75, 3.05) is 37.6 Å². The minimum Gasteiger partial charge on any atom is -0.462 e. The van der Waals surface area contributed by atoms with Gasteiger partial charge in [0, 0.05) is 49.7 Å². The zero-order valence-corrected chi connectivity index (χ0v) is 18.3. The molecule has 3 aliphatic heterocycles. The molecule has 5 aliphatic rings. The summed E-state index contributed by atoms with van der Waals surface area (Å²) in [5, 5.41) is 0. The van der Waals surface area contributed by atoms with E-state index in [4.69, 9.17) is 9.47 Å². The number of hydrogen-bond donors (Lipinski definition) is 0. The fourth-order valence-corrected chi connectivity index (χ4v) is 7.55. The molecule has 3 heterocycles. The van der Waals surface area contributed by atoms with Crippen molar-refractivity contribution in [3.8, 4) is 0 Å². The summed E-state index contributed by atoms with van der Waals surface area (Å²) in [7, 11) is 0. The first-order valence-corrected chi connectivity index (χ1v) is 11.9. The molecular weight excluding hydrogens is 376 g/mol. The maximum atomic E-state index is 12.9. The molecule has 30 heavy (non-hydrogen) atoms. The molecule has 2 aliphatic carbocycles. The summed E-state index contributed by atoms with van der Waals surface area (Å²) in [5.41, 5.74) is 1.47. The summed E-state index contributed by atoms with van der Waals surface area (Å²) >= 11 is 0. The molecule has 7 atom stereocenters. The number of ether oxygens (including phenoxy) is 2.